The molecule has 1 saturated heterocycles. The first kappa shape index (κ1) is 15.6. The lowest BCUT2D eigenvalue weighted by atomic mass is 9.85. The minimum Gasteiger partial charge on any atom is -0.378 e. The molecule has 2 heterocycles. The quantitative estimate of drug-likeness (QED) is 0.797. The zero-order valence-corrected chi connectivity index (χ0v) is 13.3. The molecule has 0 aromatic carbocycles. The van der Waals surface area contributed by atoms with Gasteiger partial charge in [0.15, 0.2) is 5.96 Å². The van der Waals surface area contributed by atoms with Crippen LogP contribution in [0.3, 0.4) is 0 Å². The Morgan fingerprint density at radius 3 is 2.80 bits per heavy atom. The number of nitrogens with two attached hydrogens (primary N) is 1. The van der Waals surface area contributed by atoms with Crippen LogP contribution >= 0.6 is 0 Å². The van der Waals surface area contributed by atoms with Crippen molar-refractivity contribution in [2.75, 3.05) is 39.3 Å². The van der Waals surface area contributed by atoms with Crippen molar-refractivity contribution in [3.63, 3.8) is 0 Å². The fourth-order valence-corrected chi connectivity index (χ4v) is 3.43. The molecule has 2 N–H and O–H groups in total. The second-order valence-electron chi connectivity index (χ2n) is 5.93. The Hall–Kier alpha value is -0.810. The molecule has 2 rings (SSSR count). The molecule has 1 fully saturated rings. The minimum absolute atomic E-state index is 0.121. The number of rotatable bonds is 6. The predicted molar refractivity (Wildman–Crippen MR) is 83.0 cm³/mol. The lowest BCUT2D eigenvalue weighted by Crippen LogP contribution is -2.57. The maximum atomic E-state index is 6.16. The Labute approximate surface area is 123 Å². The molecule has 0 bridgehead atoms. The van der Waals surface area contributed by atoms with Crippen molar-refractivity contribution in [2.45, 2.75) is 51.7 Å². The first-order valence-corrected chi connectivity index (χ1v) is 8.06. The summed E-state index contributed by atoms with van der Waals surface area (Å²) < 4.78 is 5.84. The maximum Gasteiger partial charge on any atom is 0.191 e. The van der Waals surface area contributed by atoms with E-state index in [1.54, 1.807) is 0 Å². The molecule has 20 heavy (non-hydrogen) atoms. The smallest absolute Gasteiger partial charge is 0.191 e. The van der Waals surface area contributed by atoms with Crippen molar-refractivity contribution >= 4 is 5.96 Å². The molecule has 0 aromatic heterocycles. The topological polar surface area (TPSA) is 54.1 Å². The summed E-state index contributed by atoms with van der Waals surface area (Å²) in [6.07, 6.45) is 3.55. The minimum atomic E-state index is 0.121. The normalized spacial score (nSPS) is 30.3. The average Bonchev–Trinajstić information content (AvgIpc) is 2.77. The van der Waals surface area contributed by atoms with E-state index in [1.807, 2.05) is 0 Å². The van der Waals surface area contributed by atoms with Gasteiger partial charge in [-0.3, -0.25) is 4.99 Å². The highest BCUT2D eigenvalue weighted by molar-refractivity contribution is 5.81. The molecule has 5 nitrogen and oxygen atoms in total. The molecule has 0 aromatic rings. The number of ether oxygens (including phenoxy) is 1. The van der Waals surface area contributed by atoms with Crippen molar-refractivity contribution < 1.29 is 4.74 Å². The molecule has 0 amide bonds. The van der Waals surface area contributed by atoms with Crippen LogP contribution in [-0.2, 0) is 4.74 Å². The molecule has 2 atom stereocenters. The van der Waals surface area contributed by atoms with Gasteiger partial charge in [-0.1, -0.05) is 20.8 Å². The van der Waals surface area contributed by atoms with Gasteiger partial charge in [-0.25, -0.2) is 0 Å². The maximum absolute atomic E-state index is 6.16. The highest BCUT2D eigenvalue weighted by Crippen LogP contribution is 2.35. The second kappa shape index (κ2) is 6.76. The SMILES string of the molecule is CCC1CC2(CCO1)CN=C(N)N2CCN(CC)CC. The second-order valence-corrected chi connectivity index (χ2v) is 5.93. The first-order valence-electron chi connectivity index (χ1n) is 8.06. The molecule has 2 unspecified atom stereocenters. The van der Waals surface area contributed by atoms with Gasteiger partial charge in [-0.15, -0.1) is 0 Å². The molecule has 0 saturated carbocycles. The molecule has 2 aliphatic heterocycles. The van der Waals surface area contributed by atoms with Crippen LogP contribution in [0.5, 0.6) is 0 Å². The Kier molecular flexibility index (Phi) is 5.27. The van der Waals surface area contributed by atoms with Gasteiger partial charge in [-0.05, 0) is 32.4 Å². The van der Waals surface area contributed by atoms with E-state index in [-0.39, 0.29) is 5.54 Å². The van der Waals surface area contributed by atoms with Crippen LogP contribution in [0.25, 0.3) is 0 Å². The molecular weight excluding hydrogens is 252 g/mol. The summed E-state index contributed by atoms with van der Waals surface area (Å²) >= 11 is 0. The summed E-state index contributed by atoms with van der Waals surface area (Å²) in [5, 5.41) is 0. The monoisotopic (exact) mass is 282 g/mol. The Morgan fingerprint density at radius 2 is 2.15 bits per heavy atom. The highest BCUT2D eigenvalue weighted by atomic mass is 16.5. The van der Waals surface area contributed by atoms with E-state index in [1.165, 1.54) is 0 Å². The van der Waals surface area contributed by atoms with Gasteiger partial charge in [-0.2, -0.15) is 0 Å². The van der Waals surface area contributed by atoms with Crippen molar-refractivity contribution in [3.8, 4) is 0 Å². The van der Waals surface area contributed by atoms with Crippen LogP contribution in [0.4, 0.5) is 0 Å². The summed E-state index contributed by atoms with van der Waals surface area (Å²) in [5.41, 5.74) is 6.28. The number of aliphatic imine (C=N–C) groups is 1. The van der Waals surface area contributed by atoms with Crippen LogP contribution in [0, 0.1) is 0 Å². The van der Waals surface area contributed by atoms with Gasteiger partial charge < -0.3 is 20.3 Å². The van der Waals surface area contributed by atoms with Crippen LogP contribution in [0.15, 0.2) is 4.99 Å². The summed E-state index contributed by atoms with van der Waals surface area (Å²) in [5.74, 6) is 0.730. The summed E-state index contributed by atoms with van der Waals surface area (Å²) in [7, 11) is 0. The summed E-state index contributed by atoms with van der Waals surface area (Å²) in [4.78, 5) is 9.34. The van der Waals surface area contributed by atoms with Crippen LogP contribution in [0.1, 0.15) is 40.0 Å². The van der Waals surface area contributed by atoms with Crippen LogP contribution in [0.2, 0.25) is 0 Å². The number of likely N-dealkylation sites (N-methyl/N-ethyl adjacent to an activating group) is 1. The number of hydrogen-bond donors (Lipinski definition) is 1. The summed E-state index contributed by atoms with van der Waals surface area (Å²) in [6.45, 7) is 12.5. The van der Waals surface area contributed by atoms with E-state index in [0.29, 0.717) is 6.10 Å². The lowest BCUT2D eigenvalue weighted by molar-refractivity contribution is -0.0494. The third-order valence-electron chi connectivity index (χ3n) is 4.90. The number of nitrogens with zero attached hydrogens (tertiary/aromatic N) is 3. The van der Waals surface area contributed by atoms with E-state index in [2.05, 4.69) is 35.6 Å². The zero-order valence-electron chi connectivity index (χ0n) is 13.3. The Bertz CT molecular complexity index is 343. The van der Waals surface area contributed by atoms with E-state index in [4.69, 9.17) is 10.5 Å². The number of hydrogen-bond acceptors (Lipinski definition) is 5. The largest absolute Gasteiger partial charge is 0.378 e. The summed E-state index contributed by atoms with van der Waals surface area (Å²) in [6, 6.07) is 0. The van der Waals surface area contributed by atoms with Gasteiger partial charge >= 0.3 is 0 Å². The molecule has 2 aliphatic rings. The third-order valence-corrected chi connectivity index (χ3v) is 4.90. The van der Waals surface area contributed by atoms with E-state index < -0.39 is 0 Å². The van der Waals surface area contributed by atoms with E-state index in [9.17, 15) is 0 Å². The van der Waals surface area contributed by atoms with E-state index >= 15 is 0 Å². The van der Waals surface area contributed by atoms with Gasteiger partial charge in [0.2, 0.25) is 0 Å². The molecule has 116 valence electrons. The number of guanidine groups is 1. The van der Waals surface area contributed by atoms with E-state index in [0.717, 1.165) is 64.6 Å². The standard InChI is InChI=1S/C15H30N4O/c1-4-13-11-15(7-10-20-13)12-17-14(16)19(15)9-8-18(5-2)6-3/h13H,4-12H2,1-3H3,(H2,16,17). The zero-order chi connectivity index (χ0) is 14.6. The van der Waals surface area contributed by atoms with Crippen molar-refractivity contribution in [1.82, 2.24) is 9.80 Å². The molecular formula is C15H30N4O. The Morgan fingerprint density at radius 1 is 1.40 bits per heavy atom. The fourth-order valence-electron chi connectivity index (χ4n) is 3.43. The van der Waals surface area contributed by atoms with Crippen molar-refractivity contribution in [2.24, 2.45) is 10.7 Å². The average molecular weight is 282 g/mol. The molecule has 5 heteroatoms. The molecule has 0 aliphatic carbocycles. The molecule has 0 radical (unpaired) electrons. The highest BCUT2D eigenvalue weighted by Gasteiger charge is 2.45. The predicted octanol–water partition coefficient (Wildman–Crippen LogP) is 1.29. The van der Waals surface area contributed by atoms with Crippen molar-refractivity contribution in [1.29, 1.82) is 0 Å². The van der Waals surface area contributed by atoms with Crippen LogP contribution < -0.4 is 5.73 Å². The Balaban J connectivity index is 2.01. The van der Waals surface area contributed by atoms with Gasteiger partial charge in [0, 0.05) is 19.7 Å². The van der Waals surface area contributed by atoms with Gasteiger partial charge in [0.1, 0.15) is 0 Å². The van der Waals surface area contributed by atoms with Crippen LogP contribution in [-0.4, -0.2) is 66.7 Å². The molecule has 1 spiro atoms. The third kappa shape index (κ3) is 3.09. The van der Waals surface area contributed by atoms with Gasteiger partial charge in [0.05, 0.1) is 18.2 Å². The van der Waals surface area contributed by atoms with Gasteiger partial charge in [0.25, 0.3) is 0 Å². The first-order chi connectivity index (χ1) is 9.65. The fraction of sp³-hybridized carbons (Fsp3) is 0.933. The van der Waals surface area contributed by atoms with Crippen molar-refractivity contribution in [3.05, 3.63) is 0 Å². The lowest BCUT2D eigenvalue weighted by Gasteiger charge is -2.45.